The summed E-state index contributed by atoms with van der Waals surface area (Å²) in [6.07, 6.45) is 5.29. The number of imidazole rings is 1. The van der Waals surface area contributed by atoms with Crippen LogP contribution in [-0.4, -0.2) is 29.0 Å². The second kappa shape index (κ2) is 5.48. The molecule has 1 aromatic rings. The normalized spacial score (nSPS) is 12.7. The van der Waals surface area contributed by atoms with E-state index >= 15 is 0 Å². The molecule has 1 N–H and O–H groups in total. The van der Waals surface area contributed by atoms with Crippen molar-refractivity contribution < 1.29 is 9.53 Å². The predicted molar refractivity (Wildman–Crippen MR) is 48.4 cm³/mol. The van der Waals surface area contributed by atoms with Crippen molar-refractivity contribution in [1.82, 2.24) is 9.97 Å². The van der Waals surface area contributed by atoms with E-state index in [1.54, 1.807) is 12.4 Å². The van der Waals surface area contributed by atoms with Gasteiger partial charge in [-0.2, -0.15) is 0 Å². The molecule has 0 radical (unpaired) electrons. The smallest absolute Gasteiger partial charge is 0.149 e. The zero-order valence-corrected chi connectivity index (χ0v) is 7.69. The van der Waals surface area contributed by atoms with Crippen LogP contribution in [0.25, 0.3) is 0 Å². The van der Waals surface area contributed by atoms with Gasteiger partial charge in [-0.3, -0.25) is 0 Å². The quantitative estimate of drug-likeness (QED) is 0.666. The first-order valence-electron chi connectivity index (χ1n) is 4.42. The number of aldehydes is 1. The molecule has 1 heterocycles. The minimum absolute atomic E-state index is 0.369. The fraction of sp³-hybridized carbons (Fsp3) is 0.556. The Morgan fingerprint density at radius 2 is 2.62 bits per heavy atom. The Labute approximate surface area is 77.3 Å². The van der Waals surface area contributed by atoms with E-state index in [2.05, 4.69) is 9.97 Å². The molecule has 0 bridgehead atoms. The summed E-state index contributed by atoms with van der Waals surface area (Å²) in [5.74, 6) is 0.785. The summed E-state index contributed by atoms with van der Waals surface area (Å²) in [6.45, 7) is 2.62. The summed E-state index contributed by atoms with van der Waals surface area (Å²) < 4.78 is 5.29. The van der Waals surface area contributed by atoms with Crippen LogP contribution >= 0.6 is 0 Å². The van der Waals surface area contributed by atoms with Gasteiger partial charge < -0.3 is 14.5 Å². The van der Waals surface area contributed by atoms with Gasteiger partial charge in [-0.1, -0.05) is 6.92 Å². The molecule has 4 heteroatoms. The van der Waals surface area contributed by atoms with Crippen molar-refractivity contribution in [3.63, 3.8) is 0 Å². The molecule has 13 heavy (non-hydrogen) atoms. The van der Waals surface area contributed by atoms with Gasteiger partial charge >= 0.3 is 0 Å². The molecule has 0 fully saturated rings. The molecule has 0 saturated carbocycles. The highest BCUT2D eigenvalue weighted by Crippen LogP contribution is 1.99. The highest BCUT2D eigenvalue weighted by molar-refractivity contribution is 5.56. The molecule has 0 amide bonds. The van der Waals surface area contributed by atoms with Crippen molar-refractivity contribution >= 4 is 6.29 Å². The minimum atomic E-state index is -0.369. The minimum Gasteiger partial charge on any atom is -0.370 e. The highest BCUT2D eigenvalue weighted by atomic mass is 16.5. The second-order valence-corrected chi connectivity index (χ2v) is 2.79. The van der Waals surface area contributed by atoms with E-state index in [0.717, 1.165) is 18.5 Å². The number of carbonyl (C=O) groups is 1. The van der Waals surface area contributed by atoms with Crippen molar-refractivity contribution in [2.24, 2.45) is 0 Å². The third kappa shape index (κ3) is 3.38. The summed E-state index contributed by atoms with van der Waals surface area (Å²) in [7, 11) is 0. The van der Waals surface area contributed by atoms with Gasteiger partial charge in [-0.25, -0.2) is 4.98 Å². The molecule has 0 aliphatic rings. The van der Waals surface area contributed by atoms with E-state index in [0.29, 0.717) is 13.0 Å². The number of carbonyl (C=O) groups excluding carboxylic acids is 1. The van der Waals surface area contributed by atoms with Crippen LogP contribution in [0.5, 0.6) is 0 Å². The van der Waals surface area contributed by atoms with Crippen molar-refractivity contribution in [3.8, 4) is 0 Å². The van der Waals surface area contributed by atoms with Crippen molar-refractivity contribution in [2.75, 3.05) is 6.61 Å². The van der Waals surface area contributed by atoms with Gasteiger partial charge in [0.1, 0.15) is 18.2 Å². The zero-order valence-electron chi connectivity index (χ0n) is 7.69. The van der Waals surface area contributed by atoms with Crippen LogP contribution in [0.4, 0.5) is 0 Å². The molecule has 0 aromatic carbocycles. The van der Waals surface area contributed by atoms with Crippen LogP contribution < -0.4 is 0 Å². The number of hydrogen-bond acceptors (Lipinski definition) is 3. The topological polar surface area (TPSA) is 55.0 Å². The Balaban J connectivity index is 2.35. The van der Waals surface area contributed by atoms with Gasteiger partial charge in [0.05, 0.1) is 0 Å². The second-order valence-electron chi connectivity index (χ2n) is 2.79. The van der Waals surface area contributed by atoms with Crippen LogP contribution in [0, 0.1) is 0 Å². The average molecular weight is 182 g/mol. The molecule has 1 rings (SSSR count). The lowest BCUT2D eigenvalue weighted by molar-refractivity contribution is -0.118. The van der Waals surface area contributed by atoms with Gasteiger partial charge in [0.25, 0.3) is 0 Å². The lowest BCUT2D eigenvalue weighted by Gasteiger charge is -2.08. The standard InChI is InChI=1S/C9H14N2O2/c1-2-5-13-8(7-12)6-9-10-3-4-11-9/h3-4,7-8H,2,5-6H2,1H3,(H,10,11). The molecular formula is C9H14N2O2. The molecule has 72 valence electrons. The molecule has 1 atom stereocenters. The van der Waals surface area contributed by atoms with Gasteiger partial charge in [0.15, 0.2) is 0 Å². The molecule has 0 aliphatic carbocycles. The number of ether oxygens (including phenoxy) is 1. The molecule has 0 saturated heterocycles. The molecule has 0 spiro atoms. The first kappa shape index (κ1) is 9.92. The Kier molecular flexibility index (Phi) is 4.18. The van der Waals surface area contributed by atoms with Gasteiger partial charge in [0, 0.05) is 25.4 Å². The van der Waals surface area contributed by atoms with E-state index in [1.807, 2.05) is 6.92 Å². The highest BCUT2D eigenvalue weighted by Gasteiger charge is 2.09. The Morgan fingerprint density at radius 3 is 3.15 bits per heavy atom. The molecule has 4 nitrogen and oxygen atoms in total. The van der Waals surface area contributed by atoms with Crippen molar-refractivity contribution in [2.45, 2.75) is 25.9 Å². The summed E-state index contributed by atoms with van der Waals surface area (Å²) in [4.78, 5) is 17.5. The first-order valence-corrected chi connectivity index (χ1v) is 4.42. The molecule has 0 aliphatic heterocycles. The van der Waals surface area contributed by atoms with E-state index in [9.17, 15) is 4.79 Å². The Bertz CT molecular complexity index is 234. The maximum atomic E-state index is 10.6. The van der Waals surface area contributed by atoms with E-state index in [4.69, 9.17) is 4.74 Å². The van der Waals surface area contributed by atoms with Crippen molar-refractivity contribution in [1.29, 1.82) is 0 Å². The number of nitrogens with one attached hydrogen (secondary N) is 1. The van der Waals surface area contributed by atoms with Crippen LogP contribution in [0.3, 0.4) is 0 Å². The number of hydrogen-bond donors (Lipinski definition) is 1. The Morgan fingerprint density at radius 1 is 1.77 bits per heavy atom. The first-order chi connectivity index (χ1) is 6.36. The maximum Gasteiger partial charge on any atom is 0.149 e. The van der Waals surface area contributed by atoms with Crippen LogP contribution in [0.15, 0.2) is 12.4 Å². The largest absolute Gasteiger partial charge is 0.370 e. The Hall–Kier alpha value is -1.16. The summed E-state index contributed by atoms with van der Waals surface area (Å²) in [5.41, 5.74) is 0. The third-order valence-electron chi connectivity index (χ3n) is 1.64. The molecular weight excluding hydrogens is 168 g/mol. The number of aromatic amines is 1. The SMILES string of the molecule is CCCOC(C=O)Cc1ncc[nH]1. The van der Waals surface area contributed by atoms with Crippen molar-refractivity contribution in [3.05, 3.63) is 18.2 Å². The monoisotopic (exact) mass is 182 g/mol. The zero-order chi connectivity index (χ0) is 9.52. The van der Waals surface area contributed by atoms with E-state index in [-0.39, 0.29) is 6.10 Å². The number of aromatic nitrogens is 2. The lowest BCUT2D eigenvalue weighted by Crippen LogP contribution is -2.18. The summed E-state index contributed by atoms with van der Waals surface area (Å²) in [6, 6.07) is 0. The summed E-state index contributed by atoms with van der Waals surface area (Å²) in [5, 5.41) is 0. The molecule has 1 aromatic heterocycles. The number of nitrogens with zero attached hydrogens (tertiary/aromatic N) is 1. The maximum absolute atomic E-state index is 10.6. The van der Waals surface area contributed by atoms with Crippen LogP contribution in [0.1, 0.15) is 19.2 Å². The van der Waals surface area contributed by atoms with E-state index in [1.165, 1.54) is 0 Å². The fourth-order valence-electron chi connectivity index (χ4n) is 1.02. The van der Waals surface area contributed by atoms with Gasteiger partial charge in [-0.15, -0.1) is 0 Å². The van der Waals surface area contributed by atoms with Gasteiger partial charge in [0.2, 0.25) is 0 Å². The van der Waals surface area contributed by atoms with Gasteiger partial charge in [-0.05, 0) is 6.42 Å². The summed E-state index contributed by atoms with van der Waals surface area (Å²) >= 11 is 0. The third-order valence-corrected chi connectivity index (χ3v) is 1.64. The number of H-pyrrole nitrogens is 1. The average Bonchev–Trinajstić information content (AvgIpc) is 2.64. The number of rotatable bonds is 6. The van der Waals surface area contributed by atoms with Crippen LogP contribution in [-0.2, 0) is 16.0 Å². The van der Waals surface area contributed by atoms with Crippen LogP contribution in [0.2, 0.25) is 0 Å². The molecule has 1 unspecified atom stereocenters. The predicted octanol–water partition coefficient (Wildman–Crippen LogP) is 0.946. The lowest BCUT2D eigenvalue weighted by atomic mass is 10.2. The van der Waals surface area contributed by atoms with E-state index < -0.39 is 0 Å². The fourth-order valence-corrected chi connectivity index (χ4v) is 1.02.